The highest BCUT2D eigenvalue weighted by Crippen LogP contribution is 2.69. The Labute approximate surface area is 213 Å². The predicted molar refractivity (Wildman–Crippen MR) is 132 cm³/mol. The van der Waals surface area contributed by atoms with Gasteiger partial charge in [-0.25, -0.2) is 0 Å². The van der Waals surface area contributed by atoms with Gasteiger partial charge in [0.15, 0.2) is 11.2 Å². The van der Waals surface area contributed by atoms with Gasteiger partial charge < -0.3 is 24.4 Å². The minimum Gasteiger partial charge on any atom is -0.497 e. The van der Waals surface area contributed by atoms with Crippen LogP contribution in [0.1, 0.15) is 22.6 Å². The topological polar surface area (TPSA) is 85.2 Å². The number of carbonyl (C=O) groups excluding carboxylic acids is 1. The highest BCUT2D eigenvalue weighted by atomic mass is 79.9. The Kier molecular flexibility index (Phi) is 5.75. The lowest BCUT2D eigenvalue weighted by Crippen LogP contribution is -2.52. The summed E-state index contributed by atoms with van der Waals surface area (Å²) in [7, 11) is 2.84. The summed E-state index contributed by atoms with van der Waals surface area (Å²) in [6.45, 7) is 0. The molecule has 8 heteroatoms. The Hall–Kier alpha value is -2.39. The molecule has 5 rings (SSSR count). The smallest absolute Gasteiger partial charge is 0.312 e. The van der Waals surface area contributed by atoms with E-state index in [1.165, 1.54) is 7.11 Å². The van der Waals surface area contributed by atoms with Crippen LogP contribution < -0.4 is 9.47 Å². The predicted octanol–water partition coefficient (Wildman–Crippen LogP) is 4.64. The normalized spacial score (nSPS) is 29.2. The zero-order valence-electron chi connectivity index (χ0n) is 18.4. The van der Waals surface area contributed by atoms with E-state index in [9.17, 15) is 15.0 Å². The molecule has 0 bridgehead atoms. The van der Waals surface area contributed by atoms with Crippen LogP contribution in [0, 0.1) is 5.92 Å². The van der Waals surface area contributed by atoms with Crippen molar-refractivity contribution in [2.45, 2.75) is 23.2 Å². The third-order valence-corrected chi connectivity index (χ3v) is 8.04. The fourth-order valence-electron chi connectivity index (χ4n) is 5.60. The number of esters is 1. The van der Waals surface area contributed by atoms with E-state index in [0.717, 1.165) is 10.0 Å². The Balaban J connectivity index is 1.88. The summed E-state index contributed by atoms with van der Waals surface area (Å²) in [4.78, 5) is 13.1. The summed E-state index contributed by atoms with van der Waals surface area (Å²) < 4.78 is 18.4. The Bertz CT molecular complexity index is 1250. The average molecular weight is 590 g/mol. The molecular weight excluding hydrogens is 568 g/mol. The second-order valence-electron chi connectivity index (χ2n) is 8.48. The highest BCUT2D eigenvalue weighted by Gasteiger charge is 2.78. The maximum absolute atomic E-state index is 13.1. The lowest BCUT2D eigenvalue weighted by atomic mass is 9.70. The highest BCUT2D eigenvalue weighted by molar-refractivity contribution is 9.11. The third kappa shape index (κ3) is 3.02. The number of hydrogen-bond acceptors (Lipinski definition) is 6. The number of benzene rings is 3. The van der Waals surface area contributed by atoms with Crippen molar-refractivity contribution in [3.8, 4) is 11.5 Å². The van der Waals surface area contributed by atoms with Crippen LogP contribution in [0.25, 0.3) is 0 Å². The number of methoxy groups -OCH3 is 2. The van der Waals surface area contributed by atoms with Crippen molar-refractivity contribution in [1.82, 2.24) is 0 Å². The minimum absolute atomic E-state index is 0.381. The largest absolute Gasteiger partial charge is 0.497 e. The average Bonchev–Trinajstić information content (AvgIpc) is 3.22. The fourth-order valence-corrected chi connectivity index (χ4v) is 7.09. The van der Waals surface area contributed by atoms with E-state index in [4.69, 9.17) is 14.2 Å². The van der Waals surface area contributed by atoms with Gasteiger partial charge in [0.25, 0.3) is 0 Å². The van der Waals surface area contributed by atoms with E-state index < -0.39 is 35.1 Å². The van der Waals surface area contributed by atoms with Crippen LogP contribution in [0.15, 0.2) is 75.7 Å². The Morgan fingerprint density at radius 3 is 2.32 bits per heavy atom. The first kappa shape index (κ1) is 23.4. The van der Waals surface area contributed by atoms with Crippen LogP contribution in [0.3, 0.4) is 0 Å². The van der Waals surface area contributed by atoms with E-state index in [1.807, 2.05) is 30.3 Å². The zero-order chi connectivity index (χ0) is 24.3. The molecule has 34 heavy (non-hydrogen) atoms. The fraction of sp³-hybridized carbons (Fsp3) is 0.269. The van der Waals surface area contributed by atoms with Gasteiger partial charge >= 0.3 is 5.97 Å². The van der Waals surface area contributed by atoms with Crippen LogP contribution in [0.5, 0.6) is 11.5 Å². The maximum atomic E-state index is 13.1. The van der Waals surface area contributed by atoms with Gasteiger partial charge in [-0.3, -0.25) is 4.79 Å². The first-order chi connectivity index (χ1) is 16.3. The van der Waals surface area contributed by atoms with E-state index >= 15 is 0 Å². The number of fused-ring (bicyclic) bond motifs is 3. The van der Waals surface area contributed by atoms with E-state index in [0.29, 0.717) is 27.1 Å². The molecule has 0 spiro atoms. The molecule has 2 aliphatic rings. The SMILES string of the molecule is COC(=O)[C@H]1[C@@H](O)[C@@]2(O)c3c(Br)cc(Br)cc3O[C@@]2(c2ccc(OC)cc2)[C@@H]1c1ccccc1. The van der Waals surface area contributed by atoms with Crippen molar-refractivity contribution >= 4 is 37.8 Å². The van der Waals surface area contributed by atoms with Crippen molar-refractivity contribution in [2.75, 3.05) is 14.2 Å². The molecular formula is C26H22Br2O6. The molecule has 1 heterocycles. The van der Waals surface area contributed by atoms with Gasteiger partial charge in [-0.05, 0) is 35.4 Å². The molecule has 5 atom stereocenters. The van der Waals surface area contributed by atoms with E-state index in [-0.39, 0.29) is 0 Å². The standard InChI is InChI=1S/C26H22Br2O6/c1-32-17-10-8-15(9-11-17)26-21(14-6-4-3-5-7-14)20(24(30)33-2)23(29)25(26,31)22-18(28)12-16(27)13-19(22)34-26/h3-13,20-21,23,29,31H,1-2H3/t20-,21-,23-,25+,26+/m1/s1. The summed E-state index contributed by atoms with van der Waals surface area (Å²) in [5.74, 6) is -1.46. The van der Waals surface area contributed by atoms with Gasteiger partial charge in [0.2, 0.25) is 0 Å². The summed E-state index contributed by atoms with van der Waals surface area (Å²) in [6.07, 6.45) is -1.52. The van der Waals surface area contributed by atoms with Crippen LogP contribution in [0.2, 0.25) is 0 Å². The van der Waals surface area contributed by atoms with Crippen molar-refractivity contribution in [1.29, 1.82) is 0 Å². The lowest BCUT2D eigenvalue weighted by Gasteiger charge is -2.40. The van der Waals surface area contributed by atoms with Crippen molar-refractivity contribution in [3.05, 3.63) is 92.4 Å². The maximum Gasteiger partial charge on any atom is 0.312 e. The molecule has 6 nitrogen and oxygen atoms in total. The molecule has 0 amide bonds. The first-order valence-corrected chi connectivity index (χ1v) is 12.2. The molecule has 1 aliphatic heterocycles. The number of rotatable bonds is 4. The van der Waals surface area contributed by atoms with Gasteiger partial charge in [-0.2, -0.15) is 0 Å². The van der Waals surface area contributed by atoms with Crippen LogP contribution in [-0.2, 0) is 20.7 Å². The molecule has 1 saturated carbocycles. The molecule has 1 fully saturated rings. The molecule has 0 aromatic heterocycles. The van der Waals surface area contributed by atoms with Gasteiger partial charge in [-0.15, -0.1) is 0 Å². The second kappa shape index (κ2) is 8.37. The quantitative estimate of drug-likeness (QED) is 0.431. The van der Waals surface area contributed by atoms with Crippen molar-refractivity contribution in [2.24, 2.45) is 5.92 Å². The number of halogens is 2. The lowest BCUT2D eigenvalue weighted by molar-refractivity contribution is -0.161. The molecule has 176 valence electrons. The zero-order valence-corrected chi connectivity index (χ0v) is 21.5. The Morgan fingerprint density at radius 2 is 1.71 bits per heavy atom. The third-order valence-electron chi connectivity index (χ3n) is 6.95. The number of ether oxygens (including phenoxy) is 3. The Morgan fingerprint density at radius 1 is 1.03 bits per heavy atom. The van der Waals surface area contributed by atoms with Gasteiger partial charge in [0, 0.05) is 20.4 Å². The number of carbonyl (C=O) groups is 1. The molecule has 0 radical (unpaired) electrons. The molecule has 0 unspecified atom stereocenters. The summed E-state index contributed by atoms with van der Waals surface area (Å²) in [6, 6.07) is 19.9. The molecule has 3 aromatic rings. The summed E-state index contributed by atoms with van der Waals surface area (Å²) in [5.41, 5.74) is -1.81. The summed E-state index contributed by atoms with van der Waals surface area (Å²) in [5, 5.41) is 24.3. The minimum atomic E-state index is -1.98. The van der Waals surface area contributed by atoms with Gasteiger partial charge in [0.1, 0.15) is 17.6 Å². The van der Waals surface area contributed by atoms with Gasteiger partial charge in [0.05, 0.1) is 20.1 Å². The van der Waals surface area contributed by atoms with Crippen LogP contribution >= 0.6 is 31.9 Å². The molecule has 1 aliphatic carbocycles. The van der Waals surface area contributed by atoms with Crippen molar-refractivity contribution < 1.29 is 29.2 Å². The molecule has 0 saturated heterocycles. The number of aliphatic hydroxyl groups excluding tert-OH is 1. The summed E-state index contributed by atoms with van der Waals surface area (Å²) >= 11 is 7.03. The number of hydrogen-bond donors (Lipinski definition) is 2. The van der Waals surface area contributed by atoms with E-state index in [2.05, 4.69) is 31.9 Å². The second-order valence-corrected chi connectivity index (χ2v) is 10.2. The van der Waals surface area contributed by atoms with Crippen molar-refractivity contribution in [3.63, 3.8) is 0 Å². The monoisotopic (exact) mass is 588 g/mol. The van der Waals surface area contributed by atoms with Crippen LogP contribution in [0.4, 0.5) is 0 Å². The molecule has 3 aromatic carbocycles. The van der Waals surface area contributed by atoms with Gasteiger partial charge in [-0.1, -0.05) is 74.3 Å². The first-order valence-electron chi connectivity index (χ1n) is 10.7. The number of aliphatic hydroxyl groups is 2. The molecule has 2 N–H and O–H groups in total. The van der Waals surface area contributed by atoms with Crippen LogP contribution in [-0.4, -0.2) is 36.5 Å². The van der Waals surface area contributed by atoms with E-state index in [1.54, 1.807) is 43.5 Å².